The molecule has 0 bridgehead atoms. The molecule has 124 valence electrons. The van der Waals surface area contributed by atoms with Gasteiger partial charge in [0.1, 0.15) is 0 Å². The van der Waals surface area contributed by atoms with Crippen LogP contribution in [0, 0.1) is 6.92 Å². The number of carbonyl (C=O) groups excluding carboxylic acids is 1. The van der Waals surface area contributed by atoms with Crippen LogP contribution in [0.2, 0.25) is 5.02 Å². The summed E-state index contributed by atoms with van der Waals surface area (Å²) < 4.78 is 2.25. The highest BCUT2D eigenvalue weighted by molar-refractivity contribution is 8.01. The van der Waals surface area contributed by atoms with Crippen LogP contribution in [0.3, 0.4) is 0 Å². The maximum absolute atomic E-state index is 12.0. The van der Waals surface area contributed by atoms with Gasteiger partial charge in [0.25, 0.3) is 0 Å². The summed E-state index contributed by atoms with van der Waals surface area (Å²) in [5.74, 6) is 0.861. The molecule has 2 aromatic carbocycles. The first-order chi connectivity index (χ1) is 11.6. The van der Waals surface area contributed by atoms with Crippen LogP contribution in [0.1, 0.15) is 18.4 Å². The second-order valence-electron chi connectivity index (χ2n) is 5.43. The fourth-order valence-electron chi connectivity index (χ4n) is 2.24. The summed E-state index contributed by atoms with van der Waals surface area (Å²) in [6.45, 7) is 1.97. The summed E-state index contributed by atoms with van der Waals surface area (Å²) in [5.41, 5.74) is 2.79. The molecule has 0 fully saturated rings. The van der Waals surface area contributed by atoms with Crippen molar-refractivity contribution >= 4 is 56.5 Å². The SMILES string of the molecule is Cc1ccc(NC(=O)CCCSc2nc3ccccc3s2)c(Cl)c1. The van der Waals surface area contributed by atoms with Crippen LogP contribution in [-0.4, -0.2) is 16.6 Å². The Balaban J connectivity index is 1.45. The van der Waals surface area contributed by atoms with E-state index in [4.69, 9.17) is 11.6 Å². The summed E-state index contributed by atoms with van der Waals surface area (Å²) in [5, 5.41) is 3.44. The molecule has 0 atom stereocenters. The number of anilines is 1. The van der Waals surface area contributed by atoms with E-state index in [0.29, 0.717) is 17.1 Å². The van der Waals surface area contributed by atoms with E-state index in [1.54, 1.807) is 23.1 Å². The van der Waals surface area contributed by atoms with Crippen molar-refractivity contribution in [3.63, 3.8) is 0 Å². The van der Waals surface area contributed by atoms with E-state index in [-0.39, 0.29) is 5.91 Å². The largest absolute Gasteiger partial charge is 0.325 e. The Morgan fingerprint density at radius 3 is 2.92 bits per heavy atom. The zero-order valence-electron chi connectivity index (χ0n) is 13.2. The van der Waals surface area contributed by atoms with Crippen molar-refractivity contribution in [2.45, 2.75) is 24.1 Å². The minimum absolute atomic E-state index is 0.00865. The van der Waals surface area contributed by atoms with Crippen molar-refractivity contribution in [2.24, 2.45) is 0 Å². The van der Waals surface area contributed by atoms with Gasteiger partial charge in [-0.15, -0.1) is 11.3 Å². The quantitative estimate of drug-likeness (QED) is 0.438. The van der Waals surface area contributed by atoms with Gasteiger partial charge in [-0.3, -0.25) is 4.79 Å². The number of carbonyl (C=O) groups is 1. The number of hydrogen-bond acceptors (Lipinski definition) is 4. The molecule has 0 saturated heterocycles. The average molecular weight is 377 g/mol. The molecule has 1 heterocycles. The van der Waals surface area contributed by atoms with E-state index in [2.05, 4.69) is 16.4 Å². The number of hydrogen-bond donors (Lipinski definition) is 1. The number of fused-ring (bicyclic) bond motifs is 1. The fourth-order valence-corrected chi connectivity index (χ4v) is 4.60. The first kappa shape index (κ1) is 17.3. The molecular formula is C18H17ClN2OS2. The van der Waals surface area contributed by atoms with Crippen LogP contribution in [0.5, 0.6) is 0 Å². The molecule has 1 amide bonds. The highest BCUT2D eigenvalue weighted by atomic mass is 35.5. The van der Waals surface area contributed by atoms with Crippen molar-refractivity contribution in [1.29, 1.82) is 0 Å². The summed E-state index contributed by atoms with van der Waals surface area (Å²) in [6.07, 6.45) is 1.28. The Morgan fingerprint density at radius 1 is 1.29 bits per heavy atom. The lowest BCUT2D eigenvalue weighted by Crippen LogP contribution is -2.11. The summed E-state index contributed by atoms with van der Waals surface area (Å²) in [4.78, 5) is 16.6. The van der Waals surface area contributed by atoms with Crippen LogP contribution in [-0.2, 0) is 4.79 Å². The number of benzene rings is 2. The third-order valence-corrected chi connectivity index (χ3v) is 6.02. The Hall–Kier alpha value is -1.56. The predicted octanol–water partition coefficient (Wildman–Crippen LogP) is 5.77. The van der Waals surface area contributed by atoms with Gasteiger partial charge in [-0.1, -0.05) is 41.6 Å². The normalized spacial score (nSPS) is 10.9. The zero-order chi connectivity index (χ0) is 16.9. The first-order valence-electron chi connectivity index (χ1n) is 7.66. The Bertz CT molecular complexity index is 830. The van der Waals surface area contributed by atoms with Crippen LogP contribution < -0.4 is 5.32 Å². The molecule has 0 aliphatic heterocycles. The number of halogens is 1. The molecule has 24 heavy (non-hydrogen) atoms. The molecule has 1 N–H and O–H groups in total. The maximum Gasteiger partial charge on any atom is 0.224 e. The van der Waals surface area contributed by atoms with Gasteiger partial charge in [0, 0.05) is 12.2 Å². The van der Waals surface area contributed by atoms with Crippen LogP contribution in [0.4, 0.5) is 5.69 Å². The number of para-hydroxylation sites is 1. The summed E-state index contributed by atoms with van der Waals surface area (Å²) >= 11 is 9.52. The minimum Gasteiger partial charge on any atom is -0.325 e. The summed E-state index contributed by atoms with van der Waals surface area (Å²) in [6, 6.07) is 13.7. The number of aromatic nitrogens is 1. The van der Waals surface area contributed by atoms with Crippen molar-refractivity contribution in [3.05, 3.63) is 53.1 Å². The van der Waals surface area contributed by atoms with Gasteiger partial charge in [0.05, 0.1) is 20.9 Å². The molecule has 0 radical (unpaired) electrons. The molecular weight excluding hydrogens is 360 g/mol. The molecule has 3 aromatic rings. The molecule has 0 aliphatic rings. The van der Waals surface area contributed by atoms with E-state index in [9.17, 15) is 4.79 Å². The van der Waals surface area contributed by atoms with Crippen LogP contribution in [0.25, 0.3) is 10.2 Å². The van der Waals surface area contributed by atoms with Crippen LogP contribution >= 0.6 is 34.7 Å². The molecule has 3 nitrogen and oxygen atoms in total. The third-order valence-electron chi connectivity index (χ3n) is 3.45. The van der Waals surface area contributed by atoms with Crippen molar-refractivity contribution in [1.82, 2.24) is 4.98 Å². The number of amides is 1. The number of rotatable bonds is 6. The third kappa shape index (κ3) is 4.50. The lowest BCUT2D eigenvalue weighted by atomic mass is 10.2. The first-order valence-corrected chi connectivity index (χ1v) is 9.84. The van der Waals surface area contributed by atoms with E-state index in [1.807, 2.05) is 43.3 Å². The fraction of sp³-hybridized carbons (Fsp3) is 0.222. The minimum atomic E-state index is -0.00865. The van der Waals surface area contributed by atoms with E-state index in [0.717, 1.165) is 27.6 Å². The molecule has 3 rings (SSSR count). The van der Waals surface area contributed by atoms with E-state index in [1.165, 1.54) is 4.70 Å². The summed E-state index contributed by atoms with van der Waals surface area (Å²) in [7, 11) is 0. The molecule has 0 saturated carbocycles. The highest BCUT2D eigenvalue weighted by Gasteiger charge is 2.07. The number of thiazole rings is 1. The standard InChI is InChI=1S/C18H17ClN2OS2/c1-12-8-9-14(13(19)11-12)20-17(22)7-4-10-23-18-21-15-5-2-3-6-16(15)24-18/h2-3,5-6,8-9,11H,4,7,10H2,1H3,(H,20,22). The zero-order valence-corrected chi connectivity index (χ0v) is 15.6. The topological polar surface area (TPSA) is 42.0 Å². The average Bonchev–Trinajstić information content (AvgIpc) is 2.97. The second kappa shape index (κ2) is 8.01. The van der Waals surface area contributed by atoms with Crippen molar-refractivity contribution in [2.75, 3.05) is 11.1 Å². The molecule has 0 unspecified atom stereocenters. The number of nitrogens with one attached hydrogen (secondary N) is 1. The van der Waals surface area contributed by atoms with E-state index < -0.39 is 0 Å². The number of thioether (sulfide) groups is 1. The highest BCUT2D eigenvalue weighted by Crippen LogP contribution is 2.30. The molecule has 0 aliphatic carbocycles. The Morgan fingerprint density at radius 2 is 2.12 bits per heavy atom. The maximum atomic E-state index is 12.0. The smallest absolute Gasteiger partial charge is 0.224 e. The molecule has 6 heteroatoms. The Kier molecular flexibility index (Phi) is 5.76. The van der Waals surface area contributed by atoms with Crippen LogP contribution in [0.15, 0.2) is 46.8 Å². The molecule has 1 aromatic heterocycles. The van der Waals surface area contributed by atoms with Gasteiger partial charge in [-0.25, -0.2) is 4.98 Å². The second-order valence-corrected chi connectivity index (χ2v) is 8.21. The monoisotopic (exact) mass is 376 g/mol. The van der Waals surface area contributed by atoms with Crippen molar-refractivity contribution in [3.8, 4) is 0 Å². The van der Waals surface area contributed by atoms with Gasteiger partial charge in [-0.05, 0) is 43.2 Å². The number of nitrogens with zero attached hydrogens (tertiary/aromatic N) is 1. The van der Waals surface area contributed by atoms with E-state index >= 15 is 0 Å². The lowest BCUT2D eigenvalue weighted by Gasteiger charge is -2.07. The number of aryl methyl sites for hydroxylation is 1. The molecule has 0 spiro atoms. The van der Waals surface area contributed by atoms with Crippen molar-refractivity contribution < 1.29 is 4.79 Å². The van der Waals surface area contributed by atoms with Gasteiger partial charge >= 0.3 is 0 Å². The van der Waals surface area contributed by atoms with Gasteiger partial charge in [-0.2, -0.15) is 0 Å². The lowest BCUT2D eigenvalue weighted by molar-refractivity contribution is -0.116. The van der Waals surface area contributed by atoms with Gasteiger partial charge in [0.2, 0.25) is 5.91 Å². The van der Waals surface area contributed by atoms with Gasteiger partial charge in [0.15, 0.2) is 4.34 Å². The van der Waals surface area contributed by atoms with Gasteiger partial charge < -0.3 is 5.32 Å². The Labute approximate surface area is 154 Å². The predicted molar refractivity (Wildman–Crippen MR) is 104 cm³/mol.